The lowest BCUT2D eigenvalue weighted by Gasteiger charge is -2.38. The highest BCUT2D eigenvalue weighted by Crippen LogP contribution is 2.23. The Morgan fingerprint density at radius 3 is 2.44 bits per heavy atom. The summed E-state index contributed by atoms with van der Waals surface area (Å²) >= 11 is 0. The van der Waals surface area contributed by atoms with Crippen molar-refractivity contribution in [1.82, 2.24) is 15.4 Å². The van der Waals surface area contributed by atoms with Crippen LogP contribution in [0, 0.1) is 12.8 Å². The predicted molar refractivity (Wildman–Crippen MR) is 97.9 cm³/mol. The van der Waals surface area contributed by atoms with Crippen molar-refractivity contribution in [1.29, 1.82) is 0 Å². The number of rotatable bonds is 8. The minimum absolute atomic E-state index is 0.0772. The molecule has 1 aromatic rings. The van der Waals surface area contributed by atoms with Gasteiger partial charge in [-0.3, -0.25) is 9.69 Å². The Bertz CT molecular complexity index is 546. The van der Waals surface area contributed by atoms with Gasteiger partial charge >= 0.3 is 0 Å². The first-order valence-electron chi connectivity index (χ1n) is 9.55. The van der Waals surface area contributed by atoms with Crippen molar-refractivity contribution in [2.24, 2.45) is 5.92 Å². The normalized spacial score (nSPS) is 17.2. The molecule has 1 amide bonds. The SMILES string of the molecule is CCC(CC)C(CNC(=O)c1c(C)noc1C(C)C)N1CCOCC1. The topological polar surface area (TPSA) is 67.6 Å². The Morgan fingerprint density at radius 2 is 1.88 bits per heavy atom. The highest BCUT2D eigenvalue weighted by Gasteiger charge is 2.29. The van der Waals surface area contributed by atoms with E-state index in [4.69, 9.17) is 9.26 Å². The van der Waals surface area contributed by atoms with Crippen LogP contribution in [-0.4, -0.2) is 54.9 Å². The number of hydrogen-bond acceptors (Lipinski definition) is 5. The third-order valence-electron chi connectivity index (χ3n) is 5.22. The molecule has 0 saturated carbocycles. The van der Waals surface area contributed by atoms with Crippen LogP contribution in [0.4, 0.5) is 0 Å². The van der Waals surface area contributed by atoms with Gasteiger partial charge in [0.25, 0.3) is 5.91 Å². The van der Waals surface area contributed by atoms with Crippen LogP contribution in [0.5, 0.6) is 0 Å². The zero-order chi connectivity index (χ0) is 18.4. The summed E-state index contributed by atoms with van der Waals surface area (Å²) in [6.45, 7) is 14.3. The van der Waals surface area contributed by atoms with Crippen molar-refractivity contribution in [2.45, 2.75) is 59.4 Å². The van der Waals surface area contributed by atoms with E-state index in [2.05, 4.69) is 29.2 Å². The maximum atomic E-state index is 12.8. The van der Waals surface area contributed by atoms with Gasteiger partial charge in [-0.25, -0.2) is 0 Å². The molecule has 142 valence electrons. The summed E-state index contributed by atoms with van der Waals surface area (Å²) in [5.41, 5.74) is 1.26. The monoisotopic (exact) mass is 351 g/mol. The number of morpholine rings is 1. The average Bonchev–Trinajstić information content (AvgIpc) is 3.01. The number of amides is 1. The summed E-state index contributed by atoms with van der Waals surface area (Å²) in [6, 6.07) is 0.338. The fourth-order valence-electron chi connectivity index (χ4n) is 3.68. The molecule has 0 aromatic carbocycles. The lowest BCUT2D eigenvalue weighted by molar-refractivity contribution is 0.00190. The van der Waals surface area contributed by atoms with Crippen LogP contribution in [0.15, 0.2) is 4.52 Å². The number of carbonyl (C=O) groups is 1. The first-order chi connectivity index (χ1) is 12.0. The molecule has 2 heterocycles. The van der Waals surface area contributed by atoms with Gasteiger partial charge in [0.05, 0.1) is 18.9 Å². The van der Waals surface area contributed by atoms with E-state index in [0.717, 1.165) is 39.1 Å². The zero-order valence-corrected chi connectivity index (χ0v) is 16.3. The second-order valence-corrected chi connectivity index (χ2v) is 7.16. The summed E-state index contributed by atoms with van der Waals surface area (Å²) in [4.78, 5) is 15.2. The Balaban J connectivity index is 2.09. The quantitative estimate of drug-likeness (QED) is 0.780. The van der Waals surface area contributed by atoms with Gasteiger partial charge in [-0.05, 0) is 12.8 Å². The Hall–Kier alpha value is -1.40. The molecule has 6 heteroatoms. The van der Waals surface area contributed by atoms with Crippen LogP contribution in [0.3, 0.4) is 0 Å². The van der Waals surface area contributed by atoms with Gasteiger partial charge in [-0.1, -0.05) is 45.7 Å². The summed E-state index contributed by atoms with van der Waals surface area (Å²) in [5.74, 6) is 1.29. The fraction of sp³-hybridized carbons (Fsp3) is 0.789. The van der Waals surface area contributed by atoms with Gasteiger partial charge in [-0.15, -0.1) is 0 Å². The van der Waals surface area contributed by atoms with E-state index in [1.807, 2.05) is 20.8 Å². The van der Waals surface area contributed by atoms with Crippen LogP contribution < -0.4 is 5.32 Å². The van der Waals surface area contributed by atoms with E-state index in [-0.39, 0.29) is 11.8 Å². The summed E-state index contributed by atoms with van der Waals surface area (Å²) < 4.78 is 10.8. The maximum absolute atomic E-state index is 12.8. The standard InChI is InChI=1S/C19H33N3O3/c1-6-15(7-2)16(22-8-10-24-11-9-22)12-20-19(23)17-14(5)21-25-18(17)13(3)4/h13,15-16H,6-12H2,1-5H3,(H,20,23). The Morgan fingerprint density at radius 1 is 1.24 bits per heavy atom. The number of aromatic nitrogens is 1. The smallest absolute Gasteiger partial charge is 0.256 e. The molecule has 1 unspecified atom stereocenters. The van der Waals surface area contributed by atoms with Gasteiger partial charge in [0.1, 0.15) is 5.56 Å². The van der Waals surface area contributed by atoms with E-state index in [1.165, 1.54) is 0 Å². The molecule has 25 heavy (non-hydrogen) atoms. The molecule has 1 aliphatic rings. The third kappa shape index (κ3) is 4.82. The van der Waals surface area contributed by atoms with Crippen molar-refractivity contribution < 1.29 is 14.1 Å². The van der Waals surface area contributed by atoms with Crippen molar-refractivity contribution in [3.63, 3.8) is 0 Å². The van der Waals surface area contributed by atoms with Crippen LogP contribution in [0.1, 0.15) is 68.3 Å². The largest absolute Gasteiger partial charge is 0.379 e. The zero-order valence-electron chi connectivity index (χ0n) is 16.3. The summed E-state index contributed by atoms with van der Waals surface area (Å²) in [7, 11) is 0. The maximum Gasteiger partial charge on any atom is 0.256 e. The lowest BCUT2D eigenvalue weighted by atomic mass is 9.92. The molecule has 0 spiro atoms. The highest BCUT2D eigenvalue weighted by molar-refractivity contribution is 5.96. The van der Waals surface area contributed by atoms with E-state index >= 15 is 0 Å². The average molecular weight is 351 g/mol. The lowest BCUT2D eigenvalue weighted by Crippen LogP contribution is -2.52. The van der Waals surface area contributed by atoms with E-state index in [1.54, 1.807) is 0 Å². The number of nitrogens with one attached hydrogen (secondary N) is 1. The molecule has 6 nitrogen and oxygen atoms in total. The molecule has 0 aliphatic carbocycles. The van der Waals surface area contributed by atoms with Crippen molar-refractivity contribution in [2.75, 3.05) is 32.8 Å². The molecule has 1 aromatic heterocycles. The predicted octanol–water partition coefficient (Wildman–Crippen LogP) is 2.97. The number of carbonyl (C=O) groups excluding carboxylic acids is 1. The minimum Gasteiger partial charge on any atom is -0.379 e. The van der Waals surface area contributed by atoms with E-state index < -0.39 is 0 Å². The molecular formula is C19H33N3O3. The molecular weight excluding hydrogens is 318 g/mol. The molecule has 1 atom stereocenters. The molecule has 1 N–H and O–H groups in total. The van der Waals surface area contributed by atoms with Crippen molar-refractivity contribution in [3.8, 4) is 0 Å². The first-order valence-corrected chi connectivity index (χ1v) is 9.55. The van der Waals surface area contributed by atoms with Gasteiger partial charge in [0, 0.05) is 31.6 Å². The van der Waals surface area contributed by atoms with Crippen molar-refractivity contribution in [3.05, 3.63) is 17.0 Å². The van der Waals surface area contributed by atoms with E-state index in [9.17, 15) is 4.79 Å². The Labute approximate surface area is 151 Å². The van der Waals surface area contributed by atoms with Crippen LogP contribution in [0.2, 0.25) is 0 Å². The van der Waals surface area contributed by atoms with Gasteiger partial charge in [0.2, 0.25) is 0 Å². The molecule has 2 rings (SSSR count). The molecule has 1 aliphatic heterocycles. The molecule has 1 saturated heterocycles. The van der Waals surface area contributed by atoms with Crippen LogP contribution in [-0.2, 0) is 4.74 Å². The van der Waals surface area contributed by atoms with Crippen molar-refractivity contribution >= 4 is 5.91 Å². The van der Waals surface area contributed by atoms with Crippen LogP contribution >= 0.6 is 0 Å². The second kappa shape index (κ2) is 9.34. The van der Waals surface area contributed by atoms with Gasteiger partial charge in [-0.2, -0.15) is 0 Å². The van der Waals surface area contributed by atoms with Gasteiger partial charge < -0.3 is 14.6 Å². The van der Waals surface area contributed by atoms with Gasteiger partial charge in [0.15, 0.2) is 5.76 Å². The molecule has 1 fully saturated rings. The molecule has 0 bridgehead atoms. The summed E-state index contributed by atoms with van der Waals surface area (Å²) in [6.07, 6.45) is 2.22. The third-order valence-corrected chi connectivity index (χ3v) is 5.22. The summed E-state index contributed by atoms with van der Waals surface area (Å²) in [5, 5.41) is 7.13. The number of nitrogens with zero attached hydrogens (tertiary/aromatic N) is 2. The van der Waals surface area contributed by atoms with E-state index in [0.29, 0.717) is 35.5 Å². The first kappa shape index (κ1) is 19.9. The molecule has 0 radical (unpaired) electrons. The Kier molecular flexibility index (Phi) is 7.44. The fourth-order valence-corrected chi connectivity index (χ4v) is 3.68. The second-order valence-electron chi connectivity index (χ2n) is 7.16. The van der Waals surface area contributed by atoms with Crippen LogP contribution in [0.25, 0.3) is 0 Å². The number of hydrogen-bond donors (Lipinski definition) is 1. The highest BCUT2D eigenvalue weighted by atomic mass is 16.5. The number of ether oxygens (including phenoxy) is 1. The minimum atomic E-state index is -0.0772. The number of aryl methyl sites for hydroxylation is 1.